The zero-order chi connectivity index (χ0) is 14.0. The minimum atomic E-state index is -3.34. The molecule has 0 bridgehead atoms. The number of hydrogen-bond donors (Lipinski definition) is 1. The van der Waals surface area contributed by atoms with Crippen LogP contribution in [0.3, 0.4) is 0 Å². The second kappa shape index (κ2) is 5.61. The summed E-state index contributed by atoms with van der Waals surface area (Å²) in [5, 5.41) is 0. The van der Waals surface area contributed by atoms with Gasteiger partial charge in [0.05, 0.1) is 4.90 Å². The molecule has 1 aromatic carbocycles. The molecule has 106 valence electrons. The topological polar surface area (TPSA) is 63.4 Å². The third-order valence-corrected chi connectivity index (χ3v) is 5.81. The maximum absolute atomic E-state index is 12.5. The summed E-state index contributed by atoms with van der Waals surface area (Å²) in [7, 11) is -3.34. The summed E-state index contributed by atoms with van der Waals surface area (Å²) in [6.45, 7) is 6.00. The van der Waals surface area contributed by atoms with E-state index in [9.17, 15) is 8.42 Å². The second-order valence-corrected chi connectivity index (χ2v) is 7.44. The van der Waals surface area contributed by atoms with Crippen molar-refractivity contribution in [3.63, 3.8) is 0 Å². The van der Waals surface area contributed by atoms with Crippen LogP contribution in [0.4, 0.5) is 0 Å². The molecule has 0 aliphatic carbocycles. The Balaban J connectivity index is 2.18. The van der Waals surface area contributed by atoms with Crippen molar-refractivity contribution < 1.29 is 8.42 Å². The Morgan fingerprint density at radius 1 is 1.32 bits per heavy atom. The molecule has 1 aliphatic rings. The van der Waals surface area contributed by atoms with E-state index in [2.05, 4.69) is 13.8 Å². The molecular formula is C14H22N2O2S. The van der Waals surface area contributed by atoms with Crippen LogP contribution in [0.25, 0.3) is 0 Å². The van der Waals surface area contributed by atoms with Gasteiger partial charge in [-0.3, -0.25) is 0 Å². The van der Waals surface area contributed by atoms with Crippen LogP contribution in [0.1, 0.15) is 25.8 Å². The van der Waals surface area contributed by atoms with E-state index in [1.165, 1.54) is 0 Å². The molecule has 4 nitrogen and oxygen atoms in total. The van der Waals surface area contributed by atoms with E-state index >= 15 is 0 Å². The highest BCUT2D eigenvalue weighted by Gasteiger charge is 2.33. The molecule has 19 heavy (non-hydrogen) atoms. The predicted octanol–water partition coefficient (Wildman–Crippen LogP) is 1.81. The summed E-state index contributed by atoms with van der Waals surface area (Å²) in [6, 6.07) is 6.87. The van der Waals surface area contributed by atoms with Crippen LogP contribution in [0.5, 0.6) is 0 Å². The number of benzene rings is 1. The molecular weight excluding hydrogens is 260 g/mol. The van der Waals surface area contributed by atoms with Gasteiger partial charge in [0.15, 0.2) is 0 Å². The summed E-state index contributed by atoms with van der Waals surface area (Å²) < 4.78 is 26.6. The highest BCUT2D eigenvalue weighted by Crippen LogP contribution is 2.28. The van der Waals surface area contributed by atoms with E-state index in [1.807, 2.05) is 0 Å². The first-order valence-electron chi connectivity index (χ1n) is 6.74. The van der Waals surface area contributed by atoms with Gasteiger partial charge in [-0.15, -0.1) is 0 Å². The molecule has 2 rings (SSSR count). The van der Waals surface area contributed by atoms with Gasteiger partial charge in [-0.25, -0.2) is 8.42 Å². The van der Waals surface area contributed by atoms with Crippen molar-refractivity contribution in [2.75, 3.05) is 13.1 Å². The molecule has 1 aromatic rings. The van der Waals surface area contributed by atoms with E-state index in [4.69, 9.17) is 5.73 Å². The molecule has 5 heteroatoms. The molecule has 1 aliphatic heterocycles. The van der Waals surface area contributed by atoms with Crippen LogP contribution in [0, 0.1) is 11.8 Å². The van der Waals surface area contributed by atoms with E-state index in [0.717, 1.165) is 12.0 Å². The van der Waals surface area contributed by atoms with Crippen molar-refractivity contribution in [2.24, 2.45) is 17.6 Å². The van der Waals surface area contributed by atoms with Crippen LogP contribution in [0.2, 0.25) is 0 Å². The first-order valence-corrected chi connectivity index (χ1v) is 8.18. The van der Waals surface area contributed by atoms with Gasteiger partial charge in [-0.1, -0.05) is 26.0 Å². The molecule has 1 fully saturated rings. The normalized spacial score (nSPS) is 21.2. The molecule has 0 spiro atoms. The Labute approximate surface area is 115 Å². The highest BCUT2D eigenvalue weighted by atomic mass is 32.2. The first kappa shape index (κ1) is 14.5. The maximum Gasteiger partial charge on any atom is 0.243 e. The van der Waals surface area contributed by atoms with E-state index in [0.29, 0.717) is 36.4 Å². The highest BCUT2D eigenvalue weighted by molar-refractivity contribution is 7.89. The van der Waals surface area contributed by atoms with Gasteiger partial charge in [-0.2, -0.15) is 4.31 Å². The lowest BCUT2D eigenvalue weighted by atomic mass is 9.96. The van der Waals surface area contributed by atoms with Crippen LogP contribution in [0.15, 0.2) is 29.2 Å². The minimum Gasteiger partial charge on any atom is -0.326 e. The van der Waals surface area contributed by atoms with Gasteiger partial charge in [-0.05, 0) is 36.0 Å². The van der Waals surface area contributed by atoms with Crippen molar-refractivity contribution >= 4 is 10.0 Å². The Hall–Kier alpha value is -0.910. The lowest BCUT2D eigenvalue weighted by molar-refractivity contribution is 0.388. The number of sulfonamides is 1. The van der Waals surface area contributed by atoms with Crippen molar-refractivity contribution in [3.05, 3.63) is 29.8 Å². The number of nitrogens with two attached hydrogens (primary N) is 1. The summed E-state index contributed by atoms with van der Waals surface area (Å²) in [5.41, 5.74) is 6.47. The third kappa shape index (κ3) is 2.99. The van der Waals surface area contributed by atoms with Crippen LogP contribution < -0.4 is 5.73 Å². The smallest absolute Gasteiger partial charge is 0.243 e. The van der Waals surface area contributed by atoms with Crippen molar-refractivity contribution in [1.82, 2.24) is 4.31 Å². The van der Waals surface area contributed by atoms with Crippen molar-refractivity contribution in [1.29, 1.82) is 0 Å². The molecule has 0 aromatic heterocycles. The molecule has 0 amide bonds. The maximum atomic E-state index is 12.5. The summed E-state index contributed by atoms with van der Waals surface area (Å²) in [4.78, 5) is 0.370. The Kier molecular flexibility index (Phi) is 4.28. The van der Waals surface area contributed by atoms with Crippen molar-refractivity contribution in [3.8, 4) is 0 Å². The fourth-order valence-corrected chi connectivity index (χ4v) is 3.97. The lowest BCUT2D eigenvalue weighted by Gasteiger charge is -2.18. The second-order valence-electron chi connectivity index (χ2n) is 5.50. The molecule has 2 N–H and O–H groups in total. The van der Waals surface area contributed by atoms with Crippen molar-refractivity contribution in [2.45, 2.75) is 31.7 Å². The minimum absolute atomic E-state index is 0.370. The molecule has 1 unspecified atom stereocenters. The number of rotatable bonds is 4. The number of nitrogens with zero attached hydrogens (tertiary/aromatic N) is 1. The lowest BCUT2D eigenvalue weighted by Crippen LogP contribution is -2.29. The van der Waals surface area contributed by atoms with E-state index in [-0.39, 0.29) is 0 Å². The van der Waals surface area contributed by atoms with Gasteiger partial charge in [0.2, 0.25) is 10.0 Å². The molecule has 1 saturated heterocycles. The summed E-state index contributed by atoms with van der Waals surface area (Å²) in [5.74, 6) is 0.998. The Morgan fingerprint density at radius 3 is 2.42 bits per heavy atom. The first-order chi connectivity index (χ1) is 8.95. The van der Waals surface area contributed by atoms with E-state index < -0.39 is 10.0 Å². The van der Waals surface area contributed by atoms with E-state index in [1.54, 1.807) is 28.6 Å². The SMILES string of the molecule is CC(C)C1CCN(S(=O)(=O)c2ccc(CN)cc2)C1. The average molecular weight is 282 g/mol. The standard InChI is InChI=1S/C14H22N2O2S/c1-11(2)13-7-8-16(10-13)19(17,18)14-5-3-12(9-15)4-6-14/h3-6,11,13H,7-10,15H2,1-2H3. The molecule has 0 radical (unpaired) electrons. The monoisotopic (exact) mass is 282 g/mol. The predicted molar refractivity (Wildman–Crippen MR) is 76.0 cm³/mol. The quantitative estimate of drug-likeness (QED) is 0.916. The van der Waals surface area contributed by atoms with Crippen LogP contribution >= 0.6 is 0 Å². The fraction of sp³-hybridized carbons (Fsp3) is 0.571. The van der Waals surface area contributed by atoms with Crippen LogP contribution in [-0.4, -0.2) is 25.8 Å². The zero-order valence-electron chi connectivity index (χ0n) is 11.5. The van der Waals surface area contributed by atoms with Gasteiger partial charge in [0.25, 0.3) is 0 Å². The Bertz CT molecular complexity index is 523. The average Bonchev–Trinajstić information content (AvgIpc) is 2.89. The molecule has 1 atom stereocenters. The van der Waals surface area contributed by atoms with Gasteiger partial charge in [0, 0.05) is 19.6 Å². The van der Waals surface area contributed by atoms with Gasteiger partial charge in [0.1, 0.15) is 0 Å². The molecule has 1 heterocycles. The molecule has 0 saturated carbocycles. The zero-order valence-corrected chi connectivity index (χ0v) is 12.4. The fourth-order valence-electron chi connectivity index (χ4n) is 2.46. The third-order valence-electron chi connectivity index (χ3n) is 3.93. The Morgan fingerprint density at radius 2 is 1.95 bits per heavy atom. The van der Waals surface area contributed by atoms with Gasteiger partial charge < -0.3 is 5.73 Å². The summed E-state index contributed by atoms with van der Waals surface area (Å²) in [6.07, 6.45) is 0.956. The van der Waals surface area contributed by atoms with Crippen LogP contribution in [-0.2, 0) is 16.6 Å². The summed E-state index contributed by atoms with van der Waals surface area (Å²) >= 11 is 0. The van der Waals surface area contributed by atoms with Gasteiger partial charge >= 0.3 is 0 Å². The number of hydrogen-bond acceptors (Lipinski definition) is 3. The largest absolute Gasteiger partial charge is 0.326 e.